The lowest BCUT2D eigenvalue weighted by Gasteiger charge is -2.26. The van der Waals surface area contributed by atoms with Crippen molar-refractivity contribution in [2.75, 3.05) is 25.5 Å². The highest BCUT2D eigenvalue weighted by atomic mass is 79.9. The first-order chi connectivity index (χ1) is 9.24. The summed E-state index contributed by atoms with van der Waals surface area (Å²) in [4.78, 5) is 18.2. The lowest BCUT2D eigenvalue weighted by atomic mass is 10.1. The summed E-state index contributed by atoms with van der Waals surface area (Å²) in [6.07, 6.45) is 2.61. The molecule has 20 heavy (non-hydrogen) atoms. The average Bonchev–Trinajstić information content (AvgIpc) is 2.34. The average molecular weight is 344 g/mol. The number of aliphatic hydroxyl groups is 1. The second kappa shape index (κ2) is 7.04. The maximum absolute atomic E-state index is 12.5. The van der Waals surface area contributed by atoms with Crippen LogP contribution in [0.1, 0.15) is 37.6 Å². The molecule has 0 radical (unpaired) electrons. The number of anilines is 1. The van der Waals surface area contributed by atoms with Crippen molar-refractivity contribution < 1.29 is 9.90 Å². The molecule has 5 nitrogen and oxygen atoms in total. The molecule has 0 saturated heterocycles. The molecule has 0 aromatic carbocycles. The van der Waals surface area contributed by atoms with E-state index in [-0.39, 0.29) is 12.5 Å². The van der Waals surface area contributed by atoms with Crippen molar-refractivity contribution in [1.29, 1.82) is 0 Å². The molecule has 0 unspecified atom stereocenters. The highest BCUT2D eigenvalue weighted by molar-refractivity contribution is 9.10. The largest absolute Gasteiger partial charge is 0.389 e. The molecule has 1 aromatic rings. The Morgan fingerprint density at radius 3 is 2.75 bits per heavy atom. The zero-order chi connectivity index (χ0) is 15.3. The summed E-state index contributed by atoms with van der Waals surface area (Å²) in [5.41, 5.74) is -0.430. The highest BCUT2D eigenvalue weighted by Crippen LogP contribution is 2.20. The van der Waals surface area contributed by atoms with Gasteiger partial charge in [-0.15, -0.1) is 0 Å². The number of hydrogen-bond donors (Lipinski definition) is 2. The summed E-state index contributed by atoms with van der Waals surface area (Å²) < 4.78 is 0.750. The fourth-order valence-electron chi connectivity index (χ4n) is 1.84. The van der Waals surface area contributed by atoms with Crippen LogP contribution >= 0.6 is 15.9 Å². The number of aromatic nitrogens is 1. The van der Waals surface area contributed by atoms with Crippen LogP contribution in [0.15, 0.2) is 16.7 Å². The van der Waals surface area contributed by atoms with Gasteiger partial charge in [0.1, 0.15) is 5.82 Å². The summed E-state index contributed by atoms with van der Waals surface area (Å²) in [5, 5.41) is 13.0. The fraction of sp³-hybridized carbons (Fsp3) is 0.571. The smallest absolute Gasteiger partial charge is 0.257 e. The van der Waals surface area contributed by atoms with Crippen LogP contribution in [0, 0.1) is 0 Å². The van der Waals surface area contributed by atoms with Crippen molar-refractivity contribution in [2.24, 2.45) is 0 Å². The molecule has 1 amide bonds. The third kappa shape index (κ3) is 5.09. The number of likely N-dealkylation sites (N-methyl/N-ethyl adjacent to an activating group) is 1. The Morgan fingerprint density at radius 2 is 2.20 bits per heavy atom. The number of nitrogens with one attached hydrogen (secondary N) is 1. The number of amides is 1. The first-order valence-corrected chi connectivity index (χ1v) is 7.41. The van der Waals surface area contributed by atoms with Crippen LogP contribution in [0.3, 0.4) is 0 Å². The summed E-state index contributed by atoms with van der Waals surface area (Å²) in [7, 11) is 1.67. The van der Waals surface area contributed by atoms with Gasteiger partial charge in [0, 0.05) is 30.8 Å². The minimum absolute atomic E-state index is 0.167. The number of nitrogens with zero attached hydrogens (tertiary/aromatic N) is 2. The topological polar surface area (TPSA) is 65.5 Å². The normalized spacial score (nSPS) is 11.3. The Kier molecular flexibility index (Phi) is 5.95. The van der Waals surface area contributed by atoms with E-state index in [9.17, 15) is 9.90 Å². The maximum atomic E-state index is 12.5. The van der Waals surface area contributed by atoms with Crippen molar-refractivity contribution in [3.05, 3.63) is 22.3 Å². The Labute approximate surface area is 128 Å². The predicted molar refractivity (Wildman–Crippen MR) is 84.0 cm³/mol. The Hall–Kier alpha value is -1.14. The first-order valence-electron chi connectivity index (χ1n) is 6.62. The number of carbonyl (C=O) groups is 1. The Balaban J connectivity index is 2.98. The van der Waals surface area contributed by atoms with Gasteiger partial charge >= 0.3 is 0 Å². The molecular weight excluding hydrogens is 322 g/mol. The van der Waals surface area contributed by atoms with E-state index >= 15 is 0 Å². The Bertz CT molecular complexity index is 472. The summed E-state index contributed by atoms with van der Waals surface area (Å²) in [6.45, 7) is 6.40. The van der Waals surface area contributed by atoms with Crippen molar-refractivity contribution in [3.8, 4) is 0 Å². The highest BCUT2D eigenvalue weighted by Gasteiger charge is 2.22. The molecule has 0 aliphatic carbocycles. The van der Waals surface area contributed by atoms with Crippen molar-refractivity contribution in [3.63, 3.8) is 0 Å². The predicted octanol–water partition coefficient (Wildman–Crippen LogP) is 2.51. The molecular formula is C14H22BrN3O2. The van der Waals surface area contributed by atoms with Crippen molar-refractivity contribution >= 4 is 27.7 Å². The first kappa shape index (κ1) is 16.9. The van der Waals surface area contributed by atoms with Gasteiger partial charge in [0.25, 0.3) is 5.91 Å². The second-order valence-corrected chi connectivity index (χ2v) is 6.37. The molecule has 0 aliphatic rings. The van der Waals surface area contributed by atoms with Gasteiger partial charge in [-0.1, -0.05) is 6.92 Å². The molecule has 2 N–H and O–H groups in total. The fourth-order valence-corrected chi connectivity index (χ4v) is 2.18. The molecule has 112 valence electrons. The van der Waals surface area contributed by atoms with Crippen LogP contribution in [0.5, 0.6) is 0 Å². The molecule has 0 fully saturated rings. The van der Waals surface area contributed by atoms with Gasteiger partial charge < -0.3 is 15.3 Å². The van der Waals surface area contributed by atoms with Crippen LogP contribution in [-0.2, 0) is 0 Å². The molecule has 0 atom stereocenters. The zero-order valence-corrected chi connectivity index (χ0v) is 14.0. The van der Waals surface area contributed by atoms with Gasteiger partial charge in [0.2, 0.25) is 0 Å². The van der Waals surface area contributed by atoms with Crippen molar-refractivity contribution in [1.82, 2.24) is 9.88 Å². The van der Waals surface area contributed by atoms with Gasteiger partial charge in [-0.05, 0) is 42.3 Å². The zero-order valence-electron chi connectivity index (χ0n) is 12.4. The van der Waals surface area contributed by atoms with Crippen molar-refractivity contribution in [2.45, 2.75) is 32.8 Å². The number of rotatable bonds is 6. The molecule has 0 saturated carbocycles. The number of pyridine rings is 1. The van der Waals surface area contributed by atoms with E-state index in [0.29, 0.717) is 11.4 Å². The van der Waals surface area contributed by atoms with E-state index in [0.717, 1.165) is 17.4 Å². The standard InChI is InChI=1S/C14H22BrN3O2/c1-5-6-16-12-11(7-10(15)8-17-12)13(19)18(4)9-14(2,3)20/h7-8,20H,5-6,9H2,1-4H3,(H,16,17). The molecule has 0 aliphatic heterocycles. The minimum Gasteiger partial charge on any atom is -0.389 e. The summed E-state index contributed by atoms with van der Waals surface area (Å²) in [5.74, 6) is 0.405. The van der Waals surface area contributed by atoms with Crippen LogP contribution in [0.4, 0.5) is 5.82 Å². The number of halogens is 1. The number of carbonyl (C=O) groups excluding carboxylic acids is 1. The van der Waals surface area contributed by atoms with E-state index in [2.05, 4.69) is 26.2 Å². The quantitative estimate of drug-likeness (QED) is 0.832. The van der Waals surface area contributed by atoms with E-state index in [1.807, 2.05) is 6.92 Å². The van der Waals surface area contributed by atoms with E-state index in [1.54, 1.807) is 33.2 Å². The van der Waals surface area contributed by atoms with Crippen LogP contribution in [0.25, 0.3) is 0 Å². The summed E-state index contributed by atoms with van der Waals surface area (Å²) >= 11 is 3.33. The molecule has 6 heteroatoms. The van der Waals surface area contributed by atoms with Crippen LogP contribution in [0.2, 0.25) is 0 Å². The lowest BCUT2D eigenvalue weighted by Crippen LogP contribution is -2.40. The lowest BCUT2D eigenvalue weighted by molar-refractivity contribution is 0.0368. The van der Waals surface area contributed by atoms with E-state index < -0.39 is 5.60 Å². The molecule has 1 heterocycles. The minimum atomic E-state index is -0.930. The van der Waals surface area contributed by atoms with Gasteiger partial charge in [-0.2, -0.15) is 0 Å². The molecule has 0 bridgehead atoms. The SMILES string of the molecule is CCCNc1ncc(Br)cc1C(=O)N(C)CC(C)(C)O. The van der Waals surface area contributed by atoms with Crippen LogP contribution < -0.4 is 5.32 Å². The maximum Gasteiger partial charge on any atom is 0.257 e. The van der Waals surface area contributed by atoms with Gasteiger partial charge in [-0.25, -0.2) is 4.98 Å². The number of hydrogen-bond acceptors (Lipinski definition) is 4. The molecule has 0 spiro atoms. The summed E-state index contributed by atoms with van der Waals surface area (Å²) in [6, 6.07) is 1.74. The van der Waals surface area contributed by atoms with Crippen LogP contribution in [-0.4, -0.2) is 46.6 Å². The van der Waals surface area contributed by atoms with Gasteiger partial charge in [0.05, 0.1) is 11.2 Å². The Morgan fingerprint density at radius 1 is 1.55 bits per heavy atom. The second-order valence-electron chi connectivity index (χ2n) is 5.45. The van der Waals surface area contributed by atoms with Gasteiger partial charge in [-0.3, -0.25) is 4.79 Å². The third-order valence-corrected chi connectivity index (χ3v) is 3.03. The monoisotopic (exact) mass is 343 g/mol. The molecule has 1 aromatic heterocycles. The van der Waals surface area contributed by atoms with E-state index in [1.165, 1.54) is 4.90 Å². The van der Waals surface area contributed by atoms with E-state index in [4.69, 9.17) is 0 Å². The van der Waals surface area contributed by atoms with Gasteiger partial charge in [0.15, 0.2) is 0 Å². The third-order valence-electron chi connectivity index (χ3n) is 2.60. The molecule has 1 rings (SSSR count).